The van der Waals surface area contributed by atoms with Gasteiger partial charge in [0.05, 0.1) is 18.2 Å². The first-order chi connectivity index (χ1) is 8.47. The fraction of sp³-hybridized carbons (Fsp3) is 0.417. The molecule has 0 aromatic heterocycles. The molecule has 1 fully saturated rings. The lowest BCUT2D eigenvalue weighted by Crippen LogP contribution is -2.52. The number of anilines is 1. The Hall–Kier alpha value is -1.72. The fourth-order valence-corrected chi connectivity index (χ4v) is 2.71. The first-order valence-electron chi connectivity index (χ1n) is 5.69. The van der Waals surface area contributed by atoms with Crippen LogP contribution in [0.15, 0.2) is 18.2 Å². The van der Waals surface area contributed by atoms with Gasteiger partial charge in [-0.25, -0.2) is 0 Å². The molecule has 3 rings (SSSR count). The van der Waals surface area contributed by atoms with Gasteiger partial charge in [0.1, 0.15) is 0 Å². The van der Waals surface area contributed by atoms with E-state index in [0.29, 0.717) is 24.2 Å². The van der Waals surface area contributed by atoms with E-state index in [1.165, 1.54) is 6.07 Å². The third kappa shape index (κ3) is 1.63. The van der Waals surface area contributed by atoms with Gasteiger partial charge in [-0.15, -0.1) is 0 Å². The van der Waals surface area contributed by atoms with Crippen LogP contribution >= 0.6 is 0 Å². The molecule has 1 saturated heterocycles. The second kappa shape index (κ2) is 3.63. The molecule has 0 bridgehead atoms. The molecule has 2 aliphatic rings. The van der Waals surface area contributed by atoms with Crippen molar-refractivity contribution in [2.75, 3.05) is 18.0 Å². The Morgan fingerprint density at radius 1 is 1.33 bits per heavy atom. The number of nitrogens with one attached hydrogen (secondary N) is 1. The summed E-state index contributed by atoms with van der Waals surface area (Å²) in [4.78, 5) is 13.1. The number of halogens is 3. The number of rotatable bonds is 0. The molecule has 1 atom stereocenters. The number of alkyl halides is 3. The van der Waals surface area contributed by atoms with Crippen LogP contribution in [0, 0.1) is 0 Å². The Balaban J connectivity index is 2.06. The fourth-order valence-electron chi connectivity index (χ4n) is 2.71. The zero-order valence-corrected chi connectivity index (χ0v) is 9.42. The highest BCUT2D eigenvalue weighted by Crippen LogP contribution is 2.41. The van der Waals surface area contributed by atoms with Crippen molar-refractivity contribution in [2.45, 2.75) is 18.6 Å². The largest absolute Gasteiger partial charge is 0.416 e. The van der Waals surface area contributed by atoms with Gasteiger partial charge in [0.2, 0.25) is 5.91 Å². The number of hydrogen-bond donors (Lipinski definition) is 1. The number of carbonyl (C=O) groups is 1. The molecule has 1 unspecified atom stereocenters. The van der Waals surface area contributed by atoms with Gasteiger partial charge in [-0.05, 0) is 24.1 Å². The summed E-state index contributed by atoms with van der Waals surface area (Å²) in [6.45, 7) is 0.545. The smallest absolute Gasteiger partial charge is 0.357 e. The predicted molar refractivity (Wildman–Crippen MR) is 59.3 cm³/mol. The van der Waals surface area contributed by atoms with E-state index < -0.39 is 11.7 Å². The van der Waals surface area contributed by atoms with E-state index in [9.17, 15) is 18.0 Å². The average molecular weight is 256 g/mol. The summed E-state index contributed by atoms with van der Waals surface area (Å²) in [5.41, 5.74) is 0.276. The monoisotopic (exact) mass is 256 g/mol. The van der Waals surface area contributed by atoms with Crippen molar-refractivity contribution in [3.63, 3.8) is 0 Å². The summed E-state index contributed by atoms with van der Waals surface area (Å²) >= 11 is 0. The van der Waals surface area contributed by atoms with Crippen molar-refractivity contribution in [1.29, 1.82) is 0 Å². The lowest BCUT2D eigenvalue weighted by atomic mass is 10.0. The van der Waals surface area contributed by atoms with Crippen LogP contribution in [0.2, 0.25) is 0 Å². The van der Waals surface area contributed by atoms with Gasteiger partial charge in [-0.2, -0.15) is 13.2 Å². The van der Waals surface area contributed by atoms with Crippen molar-refractivity contribution in [2.24, 2.45) is 0 Å². The molecule has 3 nitrogen and oxygen atoms in total. The Labute approximate surface area is 102 Å². The van der Waals surface area contributed by atoms with Crippen LogP contribution in [-0.4, -0.2) is 25.0 Å². The van der Waals surface area contributed by atoms with Gasteiger partial charge in [0, 0.05) is 12.2 Å². The average Bonchev–Trinajstić information content (AvgIpc) is 2.65. The van der Waals surface area contributed by atoms with Crippen LogP contribution in [-0.2, 0) is 17.4 Å². The number of piperazine rings is 1. The lowest BCUT2D eigenvalue weighted by molar-refractivity contribution is -0.138. The van der Waals surface area contributed by atoms with Crippen molar-refractivity contribution in [3.8, 4) is 0 Å². The van der Waals surface area contributed by atoms with Crippen molar-refractivity contribution in [1.82, 2.24) is 5.32 Å². The molecule has 0 aliphatic carbocycles. The van der Waals surface area contributed by atoms with Crippen LogP contribution < -0.4 is 10.2 Å². The molecule has 18 heavy (non-hydrogen) atoms. The second-order valence-corrected chi connectivity index (χ2v) is 4.59. The summed E-state index contributed by atoms with van der Waals surface area (Å²) in [6, 6.07) is 4.10. The molecule has 0 saturated carbocycles. The third-order valence-corrected chi connectivity index (χ3v) is 3.50. The van der Waals surface area contributed by atoms with E-state index >= 15 is 0 Å². The number of hydrogen-bond acceptors (Lipinski definition) is 2. The summed E-state index contributed by atoms with van der Waals surface area (Å²) in [6.07, 6.45) is -4.00. The zero-order chi connectivity index (χ0) is 12.9. The maximum absolute atomic E-state index is 12.9. The number of fused-ring (bicyclic) bond motifs is 3. The van der Waals surface area contributed by atoms with Crippen LogP contribution in [0.3, 0.4) is 0 Å². The molecule has 2 heterocycles. The minimum atomic E-state index is -4.34. The maximum atomic E-state index is 12.9. The normalized spacial score (nSPS) is 22.5. The van der Waals surface area contributed by atoms with Gasteiger partial charge in [0.15, 0.2) is 0 Å². The molecule has 1 amide bonds. The highest BCUT2D eigenvalue weighted by atomic mass is 19.4. The standard InChI is InChI=1S/C12H11F3N2O/c13-12(14,15)9-2-1-3-10-8(9)4-7-5-16-11(18)6-17(7)10/h1-3,7H,4-6H2,(H,16,18). The van der Waals surface area contributed by atoms with E-state index in [1.807, 2.05) is 0 Å². The summed E-state index contributed by atoms with van der Waals surface area (Å²) in [5, 5.41) is 2.68. The van der Waals surface area contributed by atoms with E-state index in [2.05, 4.69) is 5.32 Å². The summed E-state index contributed by atoms with van der Waals surface area (Å²) < 4.78 is 38.7. The van der Waals surface area contributed by atoms with Crippen molar-refractivity contribution >= 4 is 11.6 Å². The van der Waals surface area contributed by atoms with Gasteiger partial charge in [-0.3, -0.25) is 4.79 Å². The number of nitrogens with zero attached hydrogens (tertiary/aromatic N) is 1. The molecular formula is C12H11F3N2O. The SMILES string of the molecule is O=C1CN2c3cccc(C(F)(F)F)c3CC2CN1. The molecule has 96 valence electrons. The highest BCUT2D eigenvalue weighted by molar-refractivity contribution is 5.84. The molecule has 2 aliphatic heterocycles. The van der Waals surface area contributed by atoms with E-state index in [-0.39, 0.29) is 18.5 Å². The maximum Gasteiger partial charge on any atom is 0.416 e. The first-order valence-corrected chi connectivity index (χ1v) is 5.69. The molecule has 0 radical (unpaired) electrons. The molecule has 0 spiro atoms. The van der Waals surface area contributed by atoms with Crippen LogP contribution in [0.25, 0.3) is 0 Å². The topological polar surface area (TPSA) is 32.3 Å². The Morgan fingerprint density at radius 3 is 2.83 bits per heavy atom. The minimum Gasteiger partial charge on any atom is -0.357 e. The number of amides is 1. The highest BCUT2D eigenvalue weighted by Gasteiger charge is 2.41. The van der Waals surface area contributed by atoms with E-state index in [4.69, 9.17) is 0 Å². The first kappa shape index (κ1) is 11.4. The second-order valence-electron chi connectivity index (χ2n) is 4.59. The Bertz CT molecular complexity index is 513. The molecule has 6 heteroatoms. The Morgan fingerprint density at radius 2 is 2.11 bits per heavy atom. The van der Waals surface area contributed by atoms with Gasteiger partial charge in [0.25, 0.3) is 0 Å². The molecule has 1 aromatic carbocycles. The quantitative estimate of drug-likeness (QED) is 0.764. The van der Waals surface area contributed by atoms with Gasteiger partial charge >= 0.3 is 6.18 Å². The Kier molecular flexibility index (Phi) is 2.30. The zero-order valence-electron chi connectivity index (χ0n) is 9.42. The summed E-state index contributed by atoms with van der Waals surface area (Å²) in [7, 11) is 0. The summed E-state index contributed by atoms with van der Waals surface area (Å²) in [5.74, 6) is -0.142. The van der Waals surface area contributed by atoms with Crippen LogP contribution in [0.4, 0.5) is 18.9 Å². The number of benzene rings is 1. The van der Waals surface area contributed by atoms with E-state index in [1.54, 1.807) is 11.0 Å². The van der Waals surface area contributed by atoms with E-state index in [0.717, 1.165) is 6.07 Å². The lowest BCUT2D eigenvalue weighted by Gasteiger charge is -2.31. The van der Waals surface area contributed by atoms with Crippen molar-refractivity contribution < 1.29 is 18.0 Å². The minimum absolute atomic E-state index is 0.0544. The number of carbonyl (C=O) groups excluding carboxylic acids is 1. The van der Waals surface area contributed by atoms with Gasteiger partial charge in [-0.1, -0.05) is 6.07 Å². The molecule has 1 aromatic rings. The predicted octanol–water partition coefficient (Wildman–Crippen LogP) is 1.57. The molecular weight excluding hydrogens is 245 g/mol. The van der Waals surface area contributed by atoms with Crippen molar-refractivity contribution in [3.05, 3.63) is 29.3 Å². The third-order valence-electron chi connectivity index (χ3n) is 3.50. The van der Waals surface area contributed by atoms with Crippen LogP contribution in [0.1, 0.15) is 11.1 Å². The van der Waals surface area contributed by atoms with Crippen LogP contribution in [0.5, 0.6) is 0 Å². The van der Waals surface area contributed by atoms with Gasteiger partial charge < -0.3 is 10.2 Å². The molecule has 1 N–H and O–H groups in total.